The molecule has 2 atom stereocenters. The standard InChI is InChI=1S/C30H46BN3O7/c1-29(2)30(3,4)41-31(40-29)25(12-8-11-22-9-6-5-7-10-22)33-28(37)24(21-26(35)34-15-19-39-20-16-34)32-27(36)23-13-17-38-18-14-23/h5-7,9-10,23-25H,8,11-21H2,1-4H3,(H,32,36)(H,33,37). The summed E-state index contributed by atoms with van der Waals surface area (Å²) in [6.45, 7) is 10.8. The van der Waals surface area contributed by atoms with E-state index >= 15 is 0 Å². The molecule has 11 heteroatoms. The highest BCUT2D eigenvalue weighted by atomic mass is 16.7. The highest BCUT2D eigenvalue weighted by Gasteiger charge is 2.54. The van der Waals surface area contributed by atoms with Crippen LogP contribution >= 0.6 is 0 Å². The lowest BCUT2D eigenvalue weighted by atomic mass is 9.75. The quantitative estimate of drug-likeness (QED) is 0.392. The lowest BCUT2D eigenvalue weighted by Gasteiger charge is -2.32. The van der Waals surface area contributed by atoms with Crippen LogP contribution in [0.25, 0.3) is 0 Å². The number of hydrogen-bond donors (Lipinski definition) is 2. The van der Waals surface area contributed by atoms with Gasteiger partial charge in [0.25, 0.3) is 0 Å². The van der Waals surface area contributed by atoms with Gasteiger partial charge in [-0.15, -0.1) is 0 Å². The summed E-state index contributed by atoms with van der Waals surface area (Å²) in [5, 5.41) is 6.01. The molecule has 0 aliphatic carbocycles. The molecular formula is C30H46BN3O7. The number of ether oxygens (including phenoxy) is 2. The van der Waals surface area contributed by atoms with Crippen molar-refractivity contribution < 1.29 is 33.2 Å². The fourth-order valence-electron chi connectivity index (χ4n) is 5.36. The van der Waals surface area contributed by atoms with Crippen LogP contribution < -0.4 is 10.6 Å². The molecule has 3 aliphatic heterocycles. The number of nitrogens with one attached hydrogen (secondary N) is 2. The summed E-state index contributed by atoms with van der Waals surface area (Å²) in [5.74, 6) is -1.53. The van der Waals surface area contributed by atoms with Crippen molar-refractivity contribution in [3.8, 4) is 0 Å². The average molecular weight is 572 g/mol. The van der Waals surface area contributed by atoms with Gasteiger partial charge in [0.05, 0.1) is 36.8 Å². The molecule has 10 nitrogen and oxygen atoms in total. The monoisotopic (exact) mass is 571 g/mol. The Morgan fingerprint density at radius 1 is 0.927 bits per heavy atom. The SMILES string of the molecule is CC1(C)OB(C(CCCc2ccccc2)NC(=O)C(CC(=O)N2CCOCC2)NC(=O)C2CCOCC2)OC1(C)C. The molecule has 4 rings (SSSR count). The summed E-state index contributed by atoms with van der Waals surface area (Å²) < 4.78 is 23.4. The number of benzene rings is 1. The van der Waals surface area contributed by atoms with Crippen LogP contribution in [0.1, 0.15) is 65.4 Å². The van der Waals surface area contributed by atoms with E-state index in [-0.39, 0.29) is 24.2 Å². The van der Waals surface area contributed by atoms with E-state index in [1.165, 1.54) is 5.56 Å². The Kier molecular flexibility index (Phi) is 10.8. The summed E-state index contributed by atoms with van der Waals surface area (Å²) in [6.07, 6.45) is 3.30. The van der Waals surface area contributed by atoms with Crippen molar-refractivity contribution in [3.63, 3.8) is 0 Å². The third kappa shape index (κ3) is 8.53. The first kappa shape index (κ1) is 31.5. The largest absolute Gasteiger partial charge is 0.481 e. The minimum absolute atomic E-state index is 0.124. The van der Waals surface area contributed by atoms with Crippen LogP contribution in [0.4, 0.5) is 0 Å². The van der Waals surface area contributed by atoms with E-state index in [9.17, 15) is 14.4 Å². The zero-order chi connectivity index (χ0) is 29.5. The van der Waals surface area contributed by atoms with E-state index in [0.717, 1.165) is 12.8 Å². The molecule has 0 radical (unpaired) electrons. The summed E-state index contributed by atoms with van der Waals surface area (Å²) in [7, 11) is -0.665. The van der Waals surface area contributed by atoms with Gasteiger partial charge in [-0.2, -0.15) is 0 Å². The minimum Gasteiger partial charge on any atom is -0.402 e. The topological polar surface area (TPSA) is 115 Å². The second-order valence-electron chi connectivity index (χ2n) is 12.3. The molecule has 3 saturated heterocycles. The van der Waals surface area contributed by atoms with Gasteiger partial charge in [-0.25, -0.2) is 0 Å². The number of nitrogens with zero attached hydrogens (tertiary/aromatic N) is 1. The first-order valence-electron chi connectivity index (χ1n) is 15.0. The van der Waals surface area contributed by atoms with Gasteiger partial charge in [0.2, 0.25) is 17.7 Å². The first-order chi connectivity index (χ1) is 19.6. The summed E-state index contributed by atoms with van der Waals surface area (Å²) >= 11 is 0. The van der Waals surface area contributed by atoms with Crippen LogP contribution in [-0.2, 0) is 39.6 Å². The van der Waals surface area contributed by atoms with E-state index in [2.05, 4.69) is 22.8 Å². The van der Waals surface area contributed by atoms with Gasteiger partial charge in [-0.05, 0) is 65.4 Å². The molecule has 0 saturated carbocycles. The fraction of sp³-hybridized carbons (Fsp3) is 0.700. The summed E-state index contributed by atoms with van der Waals surface area (Å²) in [6, 6.07) is 9.17. The summed E-state index contributed by atoms with van der Waals surface area (Å²) in [5.41, 5.74) is 0.0794. The number of aryl methyl sites for hydroxylation is 1. The van der Waals surface area contributed by atoms with Crippen molar-refractivity contribution >= 4 is 24.8 Å². The fourth-order valence-corrected chi connectivity index (χ4v) is 5.36. The Bertz CT molecular complexity index is 978. The molecule has 1 aromatic rings. The van der Waals surface area contributed by atoms with E-state index in [1.54, 1.807) is 4.90 Å². The maximum Gasteiger partial charge on any atom is 0.481 e. The van der Waals surface area contributed by atoms with Gasteiger partial charge in [0.1, 0.15) is 6.04 Å². The van der Waals surface area contributed by atoms with Crippen molar-refractivity contribution in [1.82, 2.24) is 15.5 Å². The van der Waals surface area contributed by atoms with Gasteiger partial charge in [-0.3, -0.25) is 14.4 Å². The Balaban J connectivity index is 1.48. The van der Waals surface area contributed by atoms with Crippen LogP contribution in [0.3, 0.4) is 0 Å². The van der Waals surface area contributed by atoms with Gasteiger partial charge in [0, 0.05) is 32.2 Å². The van der Waals surface area contributed by atoms with Crippen LogP contribution in [0.2, 0.25) is 0 Å². The van der Waals surface area contributed by atoms with Gasteiger partial charge >= 0.3 is 7.12 Å². The third-order valence-electron chi connectivity index (χ3n) is 8.72. The second kappa shape index (κ2) is 14.1. The molecule has 3 fully saturated rings. The normalized spacial score (nSPS) is 22.1. The Hall–Kier alpha value is -2.47. The molecule has 41 heavy (non-hydrogen) atoms. The maximum atomic E-state index is 13.8. The van der Waals surface area contributed by atoms with Crippen molar-refractivity contribution in [1.29, 1.82) is 0 Å². The molecule has 3 heterocycles. The number of rotatable bonds is 11. The molecule has 3 aliphatic rings. The number of hydrogen-bond acceptors (Lipinski definition) is 7. The molecule has 2 unspecified atom stereocenters. The van der Waals surface area contributed by atoms with E-state index in [4.69, 9.17) is 18.8 Å². The highest BCUT2D eigenvalue weighted by molar-refractivity contribution is 6.48. The third-order valence-corrected chi connectivity index (χ3v) is 8.72. The number of carbonyl (C=O) groups excluding carboxylic acids is 3. The van der Waals surface area contributed by atoms with Gasteiger partial charge in [0.15, 0.2) is 0 Å². The number of amides is 3. The van der Waals surface area contributed by atoms with Crippen molar-refractivity contribution in [2.24, 2.45) is 5.92 Å². The van der Waals surface area contributed by atoms with E-state index in [1.807, 2.05) is 45.9 Å². The Morgan fingerprint density at radius 2 is 1.54 bits per heavy atom. The molecule has 0 spiro atoms. The van der Waals surface area contributed by atoms with E-state index < -0.39 is 36.2 Å². The maximum absolute atomic E-state index is 13.8. The predicted molar refractivity (Wildman–Crippen MR) is 155 cm³/mol. The van der Waals surface area contributed by atoms with Gasteiger partial charge < -0.3 is 34.3 Å². The Morgan fingerprint density at radius 3 is 2.17 bits per heavy atom. The minimum atomic E-state index is -1.01. The highest BCUT2D eigenvalue weighted by Crippen LogP contribution is 2.38. The van der Waals surface area contributed by atoms with Crippen molar-refractivity contribution in [3.05, 3.63) is 35.9 Å². The first-order valence-corrected chi connectivity index (χ1v) is 15.0. The average Bonchev–Trinajstić information content (AvgIpc) is 3.19. The molecule has 3 amide bonds. The molecule has 2 N–H and O–H groups in total. The van der Waals surface area contributed by atoms with Crippen LogP contribution in [0.5, 0.6) is 0 Å². The van der Waals surface area contributed by atoms with Crippen molar-refractivity contribution in [2.45, 2.75) is 89.4 Å². The second-order valence-corrected chi connectivity index (χ2v) is 12.3. The van der Waals surface area contributed by atoms with Gasteiger partial charge in [-0.1, -0.05) is 30.3 Å². The lowest BCUT2D eigenvalue weighted by molar-refractivity contribution is -0.140. The van der Waals surface area contributed by atoms with Crippen LogP contribution in [0.15, 0.2) is 30.3 Å². The smallest absolute Gasteiger partial charge is 0.402 e. The predicted octanol–water partition coefficient (Wildman–Crippen LogP) is 2.29. The Labute approximate surface area is 244 Å². The van der Waals surface area contributed by atoms with Crippen LogP contribution in [-0.4, -0.2) is 92.4 Å². The lowest BCUT2D eigenvalue weighted by Crippen LogP contribution is -2.56. The van der Waals surface area contributed by atoms with Crippen molar-refractivity contribution in [2.75, 3.05) is 39.5 Å². The molecule has 0 bridgehead atoms. The summed E-state index contributed by atoms with van der Waals surface area (Å²) in [4.78, 5) is 41.9. The zero-order valence-electron chi connectivity index (χ0n) is 25.0. The molecule has 226 valence electrons. The molecular weight excluding hydrogens is 525 g/mol. The van der Waals surface area contributed by atoms with Crippen LogP contribution in [0, 0.1) is 5.92 Å². The van der Waals surface area contributed by atoms with E-state index in [0.29, 0.717) is 58.8 Å². The molecule has 1 aromatic carbocycles. The zero-order valence-corrected chi connectivity index (χ0v) is 25.0. The molecule has 0 aromatic heterocycles. The number of carbonyl (C=O) groups is 3. The number of morpholine rings is 1.